The Bertz CT molecular complexity index is 810. The fraction of sp³-hybridized carbons (Fsp3) is 0.421. The Morgan fingerprint density at radius 1 is 0.968 bits per heavy atom. The van der Waals surface area contributed by atoms with Crippen LogP contribution in [0.25, 0.3) is 0 Å². The Morgan fingerprint density at radius 3 is 2.10 bits per heavy atom. The Kier molecular flexibility index (Phi) is 9.92. The summed E-state index contributed by atoms with van der Waals surface area (Å²) in [7, 11) is 0. The van der Waals surface area contributed by atoms with Crippen LogP contribution in [0.4, 0.5) is 0 Å². The van der Waals surface area contributed by atoms with Crippen molar-refractivity contribution in [3.63, 3.8) is 0 Å². The summed E-state index contributed by atoms with van der Waals surface area (Å²) < 4.78 is 0. The first kappa shape index (κ1) is 25.4. The van der Waals surface area contributed by atoms with Gasteiger partial charge < -0.3 is 37.0 Å². The predicted molar refractivity (Wildman–Crippen MR) is 107 cm³/mol. The molecule has 0 heterocycles. The van der Waals surface area contributed by atoms with Crippen LogP contribution >= 0.6 is 0 Å². The van der Waals surface area contributed by atoms with Crippen LogP contribution in [0, 0.1) is 0 Å². The molecule has 0 aromatic heterocycles. The van der Waals surface area contributed by atoms with Crippen molar-refractivity contribution in [3.05, 3.63) is 29.8 Å². The Labute approximate surface area is 177 Å². The standard InChI is InChI=1S/C19H26N4O8/c1-10(20)17(28)21-9-15(25)22-14(8-11-2-4-12(24)5-3-11)18(29)23-13(19(30)31)6-7-16(26)27/h2-5,10,13-14,24H,6-9,20H2,1H3,(H,21,28)(H,22,25)(H,23,29)(H,26,27)(H,30,31)/t10-,13-,14-/m0/s1. The van der Waals surface area contributed by atoms with E-state index in [1.165, 1.54) is 31.2 Å². The molecule has 12 nitrogen and oxygen atoms in total. The zero-order valence-corrected chi connectivity index (χ0v) is 16.8. The summed E-state index contributed by atoms with van der Waals surface area (Å²) in [6.07, 6.45) is -0.874. The number of phenols is 1. The first-order valence-corrected chi connectivity index (χ1v) is 9.35. The van der Waals surface area contributed by atoms with Crippen LogP contribution in [0.5, 0.6) is 5.75 Å². The van der Waals surface area contributed by atoms with Crippen molar-refractivity contribution >= 4 is 29.7 Å². The van der Waals surface area contributed by atoms with Crippen LogP contribution in [-0.4, -0.2) is 69.7 Å². The van der Waals surface area contributed by atoms with Gasteiger partial charge in [0.15, 0.2) is 0 Å². The lowest BCUT2D eigenvalue weighted by atomic mass is 10.0. The highest BCUT2D eigenvalue weighted by atomic mass is 16.4. The molecule has 0 bridgehead atoms. The van der Waals surface area contributed by atoms with Crippen molar-refractivity contribution in [2.45, 2.75) is 44.3 Å². The molecule has 31 heavy (non-hydrogen) atoms. The minimum Gasteiger partial charge on any atom is -0.508 e. The highest BCUT2D eigenvalue weighted by Gasteiger charge is 2.27. The number of hydrogen-bond acceptors (Lipinski definition) is 7. The van der Waals surface area contributed by atoms with Gasteiger partial charge in [0.2, 0.25) is 17.7 Å². The Hall–Kier alpha value is -3.67. The average Bonchev–Trinajstić information content (AvgIpc) is 2.69. The molecular weight excluding hydrogens is 412 g/mol. The second-order valence-electron chi connectivity index (χ2n) is 6.83. The molecule has 12 heteroatoms. The van der Waals surface area contributed by atoms with Gasteiger partial charge in [-0.2, -0.15) is 0 Å². The van der Waals surface area contributed by atoms with Crippen LogP contribution in [0.3, 0.4) is 0 Å². The molecule has 170 valence electrons. The van der Waals surface area contributed by atoms with Crippen molar-refractivity contribution in [1.29, 1.82) is 0 Å². The minimum absolute atomic E-state index is 0.00739. The van der Waals surface area contributed by atoms with Crippen LogP contribution in [-0.2, 0) is 30.4 Å². The van der Waals surface area contributed by atoms with E-state index in [4.69, 9.17) is 10.8 Å². The number of carbonyl (C=O) groups is 5. The molecule has 1 rings (SSSR count). The number of benzene rings is 1. The number of nitrogens with two attached hydrogens (primary N) is 1. The van der Waals surface area contributed by atoms with Gasteiger partial charge >= 0.3 is 11.9 Å². The first-order chi connectivity index (χ1) is 14.5. The third kappa shape index (κ3) is 9.58. The Morgan fingerprint density at radius 2 is 1.58 bits per heavy atom. The lowest BCUT2D eigenvalue weighted by molar-refractivity contribution is -0.143. The van der Waals surface area contributed by atoms with Crippen LogP contribution < -0.4 is 21.7 Å². The number of phenolic OH excluding ortho intramolecular Hbond substituents is 1. The van der Waals surface area contributed by atoms with E-state index >= 15 is 0 Å². The smallest absolute Gasteiger partial charge is 0.326 e. The van der Waals surface area contributed by atoms with Crippen LogP contribution in [0.2, 0.25) is 0 Å². The zero-order valence-electron chi connectivity index (χ0n) is 16.8. The third-order valence-corrected chi connectivity index (χ3v) is 4.13. The van der Waals surface area contributed by atoms with E-state index in [2.05, 4.69) is 16.0 Å². The number of nitrogens with one attached hydrogen (secondary N) is 3. The second-order valence-corrected chi connectivity index (χ2v) is 6.83. The van der Waals surface area contributed by atoms with E-state index in [-0.39, 0.29) is 18.6 Å². The van der Waals surface area contributed by atoms with Gasteiger partial charge in [0.05, 0.1) is 12.6 Å². The summed E-state index contributed by atoms with van der Waals surface area (Å²) in [6.45, 7) is 0.971. The molecule has 0 unspecified atom stereocenters. The van der Waals surface area contributed by atoms with Gasteiger partial charge in [0, 0.05) is 12.8 Å². The summed E-state index contributed by atoms with van der Waals surface area (Å²) in [5.74, 6) is -4.79. The van der Waals surface area contributed by atoms with Gasteiger partial charge in [-0.05, 0) is 31.0 Å². The number of rotatable bonds is 12. The molecule has 0 radical (unpaired) electrons. The molecular formula is C19H26N4O8. The topological polar surface area (TPSA) is 208 Å². The maximum atomic E-state index is 12.7. The number of hydrogen-bond donors (Lipinski definition) is 7. The minimum atomic E-state index is -1.47. The summed E-state index contributed by atoms with van der Waals surface area (Å²) in [5, 5.41) is 34.3. The third-order valence-electron chi connectivity index (χ3n) is 4.13. The van der Waals surface area contributed by atoms with E-state index in [0.717, 1.165) is 0 Å². The number of carbonyl (C=O) groups excluding carboxylic acids is 3. The normalized spacial score (nSPS) is 13.4. The highest BCUT2D eigenvalue weighted by molar-refractivity contribution is 5.92. The molecule has 0 spiro atoms. The van der Waals surface area contributed by atoms with Gasteiger partial charge in [-0.15, -0.1) is 0 Å². The van der Waals surface area contributed by atoms with Gasteiger partial charge in [0.25, 0.3) is 0 Å². The molecule has 0 aliphatic heterocycles. The van der Waals surface area contributed by atoms with Gasteiger partial charge in [-0.3, -0.25) is 19.2 Å². The van der Waals surface area contributed by atoms with E-state index in [1.54, 1.807) is 0 Å². The molecule has 8 N–H and O–H groups in total. The number of aromatic hydroxyl groups is 1. The van der Waals surface area contributed by atoms with Crippen LogP contribution in [0.1, 0.15) is 25.3 Å². The summed E-state index contributed by atoms with van der Waals surface area (Å²) >= 11 is 0. The molecule has 0 saturated heterocycles. The van der Waals surface area contributed by atoms with E-state index < -0.39 is 60.8 Å². The van der Waals surface area contributed by atoms with Crippen LogP contribution in [0.15, 0.2) is 24.3 Å². The fourth-order valence-electron chi connectivity index (χ4n) is 2.45. The number of carboxylic acid groups (broad SMARTS) is 2. The number of carboxylic acids is 2. The molecule has 1 aromatic carbocycles. The summed E-state index contributed by atoms with van der Waals surface area (Å²) in [5.41, 5.74) is 5.94. The number of aliphatic carboxylic acids is 2. The van der Waals surface area contributed by atoms with E-state index in [9.17, 15) is 34.2 Å². The average molecular weight is 438 g/mol. The van der Waals surface area contributed by atoms with Crippen molar-refractivity contribution in [3.8, 4) is 5.75 Å². The quantitative estimate of drug-likeness (QED) is 0.198. The van der Waals surface area contributed by atoms with Crippen molar-refractivity contribution < 1.29 is 39.3 Å². The van der Waals surface area contributed by atoms with E-state index in [0.29, 0.717) is 5.56 Å². The summed E-state index contributed by atoms with van der Waals surface area (Å²) in [6, 6.07) is 2.24. The zero-order chi connectivity index (χ0) is 23.6. The largest absolute Gasteiger partial charge is 0.508 e. The molecule has 3 amide bonds. The maximum absolute atomic E-state index is 12.7. The monoisotopic (exact) mass is 438 g/mol. The maximum Gasteiger partial charge on any atom is 0.326 e. The SMILES string of the molecule is C[C@H](N)C(=O)NCC(=O)N[C@@H](Cc1ccc(O)cc1)C(=O)N[C@@H](CCC(=O)O)C(=O)O. The van der Waals surface area contributed by atoms with Crippen molar-refractivity contribution in [1.82, 2.24) is 16.0 Å². The number of amides is 3. The predicted octanol–water partition coefficient (Wildman–Crippen LogP) is -1.68. The van der Waals surface area contributed by atoms with Gasteiger partial charge in [-0.1, -0.05) is 12.1 Å². The highest BCUT2D eigenvalue weighted by Crippen LogP contribution is 2.12. The molecule has 3 atom stereocenters. The second kappa shape index (κ2) is 12.1. The lowest BCUT2D eigenvalue weighted by Gasteiger charge is -2.21. The lowest BCUT2D eigenvalue weighted by Crippen LogP contribution is -2.54. The summed E-state index contributed by atoms with van der Waals surface area (Å²) in [4.78, 5) is 58.4. The van der Waals surface area contributed by atoms with Crippen molar-refractivity contribution in [2.75, 3.05) is 6.54 Å². The molecule has 0 saturated carbocycles. The van der Waals surface area contributed by atoms with Crippen molar-refractivity contribution in [2.24, 2.45) is 5.73 Å². The molecule has 0 aliphatic rings. The van der Waals surface area contributed by atoms with Gasteiger partial charge in [-0.25, -0.2) is 4.79 Å². The van der Waals surface area contributed by atoms with Gasteiger partial charge in [0.1, 0.15) is 17.8 Å². The first-order valence-electron chi connectivity index (χ1n) is 9.35. The fourth-order valence-corrected chi connectivity index (χ4v) is 2.45. The molecule has 1 aromatic rings. The Balaban J connectivity index is 2.91. The molecule has 0 aliphatic carbocycles. The van der Waals surface area contributed by atoms with E-state index in [1.807, 2.05) is 0 Å². The molecule has 0 fully saturated rings.